The Balaban J connectivity index is 3.16. The summed E-state index contributed by atoms with van der Waals surface area (Å²) in [6.07, 6.45) is 0. The number of carbonyl (C=O) groups excluding carboxylic acids is 1. The molecule has 2 nitrogen and oxygen atoms in total. The lowest BCUT2D eigenvalue weighted by Crippen LogP contribution is -2.05. The molecule has 1 aromatic carbocycles. The predicted octanol–water partition coefficient (Wildman–Crippen LogP) is 2.19. The molecular weight excluding hydrogens is 207 g/mol. The monoisotopic (exact) mass is 216 g/mol. The van der Waals surface area contributed by atoms with Crippen molar-refractivity contribution in [3.8, 4) is 0 Å². The topological polar surface area (TPSA) is 37.3 Å². The lowest BCUT2D eigenvalue weighted by Gasteiger charge is -2.10. The van der Waals surface area contributed by atoms with Gasteiger partial charge in [0.15, 0.2) is 5.78 Å². The molecule has 0 radical (unpaired) electrons. The zero-order valence-corrected chi connectivity index (χ0v) is 8.38. The molecule has 0 aliphatic carbocycles. The fourth-order valence-electron chi connectivity index (χ4n) is 1.16. The summed E-state index contributed by atoms with van der Waals surface area (Å²) < 4.78 is 12.9. The number of hydrogen-bond donors (Lipinski definition) is 1. The van der Waals surface area contributed by atoms with Crippen LogP contribution in [0, 0.1) is 5.82 Å². The van der Waals surface area contributed by atoms with E-state index in [2.05, 4.69) is 0 Å². The first-order chi connectivity index (χ1) is 6.56. The van der Waals surface area contributed by atoms with Crippen LogP contribution in [-0.4, -0.2) is 10.9 Å². The van der Waals surface area contributed by atoms with Crippen molar-refractivity contribution in [3.05, 3.63) is 35.1 Å². The molecule has 1 rings (SSSR count). The van der Waals surface area contributed by atoms with Crippen LogP contribution in [0.2, 0.25) is 0 Å². The second-order valence-corrected chi connectivity index (χ2v) is 3.41. The summed E-state index contributed by atoms with van der Waals surface area (Å²) in [7, 11) is 0. The largest absolute Gasteiger partial charge is 0.392 e. The van der Waals surface area contributed by atoms with E-state index >= 15 is 0 Å². The van der Waals surface area contributed by atoms with E-state index in [1.807, 2.05) is 0 Å². The number of aliphatic hydroxyl groups is 1. The van der Waals surface area contributed by atoms with Crippen molar-refractivity contribution >= 4 is 17.4 Å². The van der Waals surface area contributed by atoms with Crippen LogP contribution >= 0.6 is 11.6 Å². The van der Waals surface area contributed by atoms with Gasteiger partial charge in [0, 0.05) is 0 Å². The first-order valence-electron chi connectivity index (χ1n) is 4.10. The Labute approximate surface area is 86.3 Å². The molecule has 0 saturated carbocycles. The van der Waals surface area contributed by atoms with E-state index in [4.69, 9.17) is 16.7 Å². The summed E-state index contributed by atoms with van der Waals surface area (Å²) in [6.45, 7) is 1.07. The van der Waals surface area contributed by atoms with E-state index < -0.39 is 11.2 Å². The molecule has 0 aliphatic rings. The maximum Gasteiger partial charge on any atom is 0.152 e. The fraction of sp³-hybridized carbons (Fsp3) is 0.300. The molecule has 0 amide bonds. The third-order valence-electron chi connectivity index (χ3n) is 1.91. The lowest BCUT2D eigenvalue weighted by atomic mass is 10.0. The van der Waals surface area contributed by atoms with Crippen LogP contribution in [0.4, 0.5) is 4.39 Å². The minimum absolute atomic E-state index is 0.258. The average molecular weight is 217 g/mol. The minimum Gasteiger partial charge on any atom is -0.392 e. The molecule has 0 spiro atoms. The Kier molecular flexibility index (Phi) is 3.61. The van der Waals surface area contributed by atoms with Gasteiger partial charge in [-0.15, -0.1) is 11.6 Å². The van der Waals surface area contributed by atoms with Gasteiger partial charge in [0.2, 0.25) is 0 Å². The molecule has 76 valence electrons. The molecule has 0 saturated heterocycles. The number of benzene rings is 1. The van der Waals surface area contributed by atoms with Gasteiger partial charge in [0.1, 0.15) is 11.2 Å². The van der Waals surface area contributed by atoms with Crippen molar-refractivity contribution in [1.82, 2.24) is 0 Å². The average Bonchev–Trinajstić information content (AvgIpc) is 2.16. The second kappa shape index (κ2) is 4.53. The maximum absolute atomic E-state index is 12.9. The number of aliphatic hydroxyl groups excluding tert-OH is 1. The summed E-state index contributed by atoms with van der Waals surface area (Å²) in [5.74, 6) is -0.740. The Morgan fingerprint density at radius 3 is 2.79 bits per heavy atom. The summed E-state index contributed by atoms with van der Waals surface area (Å²) in [5, 5.41) is 8.05. The van der Waals surface area contributed by atoms with Crippen LogP contribution in [0.3, 0.4) is 0 Å². The lowest BCUT2D eigenvalue weighted by molar-refractivity contribution is -0.116. The normalized spacial score (nSPS) is 12.6. The molecule has 14 heavy (non-hydrogen) atoms. The van der Waals surface area contributed by atoms with Crippen molar-refractivity contribution in [2.24, 2.45) is 0 Å². The van der Waals surface area contributed by atoms with E-state index in [1.165, 1.54) is 25.1 Å². The third kappa shape index (κ3) is 2.30. The number of carbonyl (C=O) groups is 1. The SMILES string of the molecule is CC(=O)C(Cl)c1cc(F)ccc1CO. The molecule has 1 aromatic rings. The number of ketones is 1. The van der Waals surface area contributed by atoms with E-state index in [0.29, 0.717) is 11.1 Å². The Morgan fingerprint density at radius 1 is 1.64 bits per heavy atom. The van der Waals surface area contributed by atoms with Gasteiger partial charge in [0.05, 0.1) is 6.61 Å². The van der Waals surface area contributed by atoms with Gasteiger partial charge in [0.25, 0.3) is 0 Å². The molecule has 0 aromatic heterocycles. The highest BCUT2D eigenvalue weighted by atomic mass is 35.5. The van der Waals surface area contributed by atoms with Crippen molar-refractivity contribution in [2.45, 2.75) is 18.9 Å². The molecule has 0 aliphatic heterocycles. The molecule has 0 bridgehead atoms. The number of rotatable bonds is 3. The summed E-state index contributed by atoms with van der Waals surface area (Å²) in [4.78, 5) is 11.0. The fourth-order valence-corrected chi connectivity index (χ4v) is 1.37. The van der Waals surface area contributed by atoms with Crippen LogP contribution in [0.5, 0.6) is 0 Å². The smallest absolute Gasteiger partial charge is 0.152 e. The standard InChI is InChI=1S/C10H10ClFO2/c1-6(14)10(11)9-4-8(12)3-2-7(9)5-13/h2-4,10,13H,5H2,1H3. The second-order valence-electron chi connectivity index (χ2n) is 2.97. The molecule has 1 N–H and O–H groups in total. The summed E-state index contributed by atoms with van der Waals surface area (Å²) in [6, 6.07) is 3.81. The van der Waals surface area contributed by atoms with E-state index in [9.17, 15) is 9.18 Å². The van der Waals surface area contributed by atoms with Gasteiger partial charge >= 0.3 is 0 Å². The van der Waals surface area contributed by atoms with Gasteiger partial charge in [-0.2, -0.15) is 0 Å². The Bertz CT molecular complexity index is 352. The van der Waals surface area contributed by atoms with Crippen LogP contribution in [-0.2, 0) is 11.4 Å². The zero-order chi connectivity index (χ0) is 10.7. The predicted molar refractivity (Wildman–Crippen MR) is 51.6 cm³/mol. The molecule has 4 heteroatoms. The zero-order valence-electron chi connectivity index (χ0n) is 7.63. The highest BCUT2D eigenvalue weighted by Gasteiger charge is 2.17. The Hall–Kier alpha value is -0.930. The van der Waals surface area contributed by atoms with Crippen LogP contribution in [0.25, 0.3) is 0 Å². The number of alkyl halides is 1. The highest BCUT2D eigenvalue weighted by molar-refractivity contribution is 6.30. The maximum atomic E-state index is 12.9. The van der Waals surface area contributed by atoms with Gasteiger partial charge in [-0.05, 0) is 30.2 Å². The van der Waals surface area contributed by atoms with Crippen molar-refractivity contribution in [3.63, 3.8) is 0 Å². The van der Waals surface area contributed by atoms with Crippen molar-refractivity contribution in [1.29, 1.82) is 0 Å². The highest BCUT2D eigenvalue weighted by Crippen LogP contribution is 2.25. The molecule has 0 fully saturated rings. The Morgan fingerprint density at radius 2 is 2.29 bits per heavy atom. The number of halogens is 2. The van der Waals surface area contributed by atoms with E-state index in [-0.39, 0.29) is 12.4 Å². The van der Waals surface area contributed by atoms with Crippen LogP contribution in [0.1, 0.15) is 23.4 Å². The molecule has 1 unspecified atom stereocenters. The van der Waals surface area contributed by atoms with Crippen LogP contribution in [0.15, 0.2) is 18.2 Å². The summed E-state index contributed by atoms with van der Waals surface area (Å²) in [5.41, 5.74) is 0.809. The first-order valence-corrected chi connectivity index (χ1v) is 4.53. The third-order valence-corrected chi connectivity index (χ3v) is 2.45. The van der Waals surface area contributed by atoms with Crippen molar-refractivity contribution in [2.75, 3.05) is 0 Å². The van der Waals surface area contributed by atoms with Gasteiger partial charge in [-0.3, -0.25) is 4.79 Å². The van der Waals surface area contributed by atoms with Gasteiger partial charge < -0.3 is 5.11 Å². The number of hydrogen-bond acceptors (Lipinski definition) is 2. The summed E-state index contributed by atoms with van der Waals surface area (Å²) >= 11 is 5.77. The van der Waals surface area contributed by atoms with Gasteiger partial charge in [-0.1, -0.05) is 6.07 Å². The molecule has 1 atom stereocenters. The van der Waals surface area contributed by atoms with Crippen LogP contribution < -0.4 is 0 Å². The molecule has 0 heterocycles. The first kappa shape index (κ1) is 11.1. The quantitative estimate of drug-likeness (QED) is 0.787. The van der Waals surface area contributed by atoms with Crippen molar-refractivity contribution < 1.29 is 14.3 Å². The number of Topliss-reactive ketones (excluding diaryl/α,β-unsaturated/α-hetero) is 1. The van der Waals surface area contributed by atoms with Gasteiger partial charge in [-0.25, -0.2) is 4.39 Å². The van der Waals surface area contributed by atoms with E-state index in [1.54, 1.807) is 0 Å². The van der Waals surface area contributed by atoms with E-state index in [0.717, 1.165) is 0 Å². The minimum atomic E-state index is -0.896. The molecular formula is C10H10ClFO2.